The molecule has 0 saturated carbocycles. The summed E-state index contributed by atoms with van der Waals surface area (Å²) in [5, 5.41) is 2.23. The fourth-order valence-corrected chi connectivity index (χ4v) is 2.43. The Hall–Kier alpha value is -1.35. The van der Waals surface area contributed by atoms with E-state index >= 15 is 0 Å². The summed E-state index contributed by atoms with van der Waals surface area (Å²) >= 11 is 3.55. The molecule has 0 spiro atoms. The number of hydrogen-bond donors (Lipinski definition) is 0. The van der Waals surface area contributed by atoms with E-state index in [2.05, 4.69) is 15.9 Å². The van der Waals surface area contributed by atoms with E-state index in [9.17, 15) is 4.79 Å². The van der Waals surface area contributed by atoms with Crippen LogP contribution in [0.5, 0.6) is 5.75 Å². The summed E-state index contributed by atoms with van der Waals surface area (Å²) in [4.78, 5) is 11.6. The minimum atomic E-state index is -0.410. The van der Waals surface area contributed by atoms with E-state index in [1.54, 1.807) is 6.92 Å². The van der Waals surface area contributed by atoms with Gasteiger partial charge in [0, 0.05) is 6.42 Å². The SMILES string of the molecule is CCC(=O)C(C)Oc1ccc2ccccc2c1Br. The van der Waals surface area contributed by atoms with Crippen LogP contribution in [0.4, 0.5) is 0 Å². The molecule has 18 heavy (non-hydrogen) atoms. The van der Waals surface area contributed by atoms with Crippen molar-refractivity contribution in [3.63, 3.8) is 0 Å². The van der Waals surface area contributed by atoms with Crippen LogP contribution in [-0.2, 0) is 4.79 Å². The molecule has 0 aliphatic rings. The molecule has 0 bridgehead atoms. The van der Waals surface area contributed by atoms with Gasteiger partial charge in [0.25, 0.3) is 0 Å². The van der Waals surface area contributed by atoms with Crippen LogP contribution in [0.2, 0.25) is 0 Å². The molecule has 0 aliphatic heterocycles. The molecule has 0 radical (unpaired) electrons. The highest BCUT2D eigenvalue weighted by Gasteiger charge is 2.14. The summed E-state index contributed by atoms with van der Waals surface area (Å²) < 4.78 is 6.61. The highest BCUT2D eigenvalue weighted by Crippen LogP contribution is 2.33. The van der Waals surface area contributed by atoms with Crippen molar-refractivity contribution < 1.29 is 9.53 Å². The highest BCUT2D eigenvalue weighted by atomic mass is 79.9. The van der Waals surface area contributed by atoms with Gasteiger partial charge in [-0.05, 0) is 39.7 Å². The number of benzene rings is 2. The van der Waals surface area contributed by atoms with Crippen LogP contribution in [0.1, 0.15) is 20.3 Å². The van der Waals surface area contributed by atoms with E-state index < -0.39 is 6.10 Å². The average molecular weight is 307 g/mol. The minimum Gasteiger partial charge on any atom is -0.482 e. The molecule has 0 aromatic heterocycles. The maximum atomic E-state index is 11.6. The van der Waals surface area contributed by atoms with Gasteiger partial charge in [-0.25, -0.2) is 0 Å². The lowest BCUT2D eigenvalue weighted by atomic mass is 10.1. The third kappa shape index (κ3) is 2.56. The summed E-state index contributed by atoms with van der Waals surface area (Å²) in [5.41, 5.74) is 0. The molecule has 2 aromatic rings. The largest absolute Gasteiger partial charge is 0.482 e. The molecule has 2 aromatic carbocycles. The maximum Gasteiger partial charge on any atom is 0.172 e. The van der Waals surface area contributed by atoms with Crippen LogP contribution >= 0.6 is 15.9 Å². The van der Waals surface area contributed by atoms with Gasteiger partial charge >= 0.3 is 0 Å². The molecule has 0 aliphatic carbocycles. The third-order valence-electron chi connectivity index (χ3n) is 2.93. The van der Waals surface area contributed by atoms with Crippen molar-refractivity contribution in [1.82, 2.24) is 0 Å². The molecule has 0 N–H and O–H groups in total. The lowest BCUT2D eigenvalue weighted by molar-refractivity contribution is -0.124. The Morgan fingerprint density at radius 3 is 2.72 bits per heavy atom. The van der Waals surface area contributed by atoms with Crippen molar-refractivity contribution in [2.75, 3.05) is 0 Å². The van der Waals surface area contributed by atoms with Crippen molar-refractivity contribution in [2.24, 2.45) is 0 Å². The Kier molecular flexibility index (Phi) is 4.02. The number of carbonyl (C=O) groups excluding carboxylic acids is 1. The molecule has 2 rings (SSSR count). The standard InChI is InChI=1S/C15H15BrO2/c1-3-13(17)10(2)18-14-9-8-11-6-4-5-7-12(11)15(14)16/h4-10H,3H2,1-2H3. The van der Waals surface area contributed by atoms with E-state index in [0.717, 1.165) is 15.2 Å². The van der Waals surface area contributed by atoms with Gasteiger partial charge in [0.1, 0.15) is 5.75 Å². The van der Waals surface area contributed by atoms with E-state index in [-0.39, 0.29) is 5.78 Å². The zero-order valence-corrected chi connectivity index (χ0v) is 12.0. The summed E-state index contributed by atoms with van der Waals surface area (Å²) in [5.74, 6) is 0.818. The van der Waals surface area contributed by atoms with Gasteiger partial charge in [0.15, 0.2) is 11.9 Å². The first-order valence-electron chi connectivity index (χ1n) is 6.00. The number of Topliss-reactive ketones (excluding diaryl/α,β-unsaturated/α-hetero) is 1. The van der Waals surface area contributed by atoms with Crippen molar-refractivity contribution in [2.45, 2.75) is 26.4 Å². The lowest BCUT2D eigenvalue weighted by Gasteiger charge is -2.15. The van der Waals surface area contributed by atoms with Crippen molar-refractivity contribution in [1.29, 1.82) is 0 Å². The van der Waals surface area contributed by atoms with Gasteiger partial charge in [-0.3, -0.25) is 4.79 Å². The second kappa shape index (κ2) is 5.53. The fraction of sp³-hybridized carbons (Fsp3) is 0.267. The molecular weight excluding hydrogens is 292 g/mol. The van der Waals surface area contributed by atoms with E-state index in [0.29, 0.717) is 12.2 Å². The zero-order valence-electron chi connectivity index (χ0n) is 10.4. The van der Waals surface area contributed by atoms with Crippen molar-refractivity contribution in [3.05, 3.63) is 40.9 Å². The predicted octanol–water partition coefficient (Wildman–Crippen LogP) is 4.35. The molecule has 94 valence electrons. The first-order chi connectivity index (χ1) is 8.63. The second-order valence-corrected chi connectivity index (χ2v) is 4.97. The average Bonchev–Trinajstić information content (AvgIpc) is 2.41. The van der Waals surface area contributed by atoms with Crippen LogP contribution in [0.15, 0.2) is 40.9 Å². The third-order valence-corrected chi connectivity index (χ3v) is 3.75. The summed E-state index contributed by atoms with van der Waals surface area (Å²) in [6.07, 6.45) is 0.0827. The van der Waals surface area contributed by atoms with Gasteiger partial charge in [-0.2, -0.15) is 0 Å². The number of halogens is 1. The topological polar surface area (TPSA) is 26.3 Å². The first kappa shape index (κ1) is 13.1. The molecule has 0 saturated heterocycles. The minimum absolute atomic E-state index is 0.107. The molecule has 1 atom stereocenters. The van der Waals surface area contributed by atoms with E-state index in [4.69, 9.17) is 4.74 Å². The van der Waals surface area contributed by atoms with Crippen LogP contribution < -0.4 is 4.74 Å². The van der Waals surface area contributed by atoms with Gasteiger partial charge < -0.3 is 4.74 Å². The van der Waals surface area contributed by atoms with E-state index in [1.807, 2.05) is 43.3 Å². The highest BCUT2D eigenvalue weighted by molar-refractivity contribution is 9.10. The fourth-order valence-electron chi connectivity index (χ4n) is 1.85. The van der Waals surface area contributed by atoms with Gasteiger partial charge in [0.05, 0.1) is 4.47 Å². The maximum absolute atomic E-state index is 11.6. The normalized spacial score (nSPS) is 12.4. The Labute approximate surface area is 115 Å². The summed E-state index contributed by atoms with van der Waals surface area (Å²) in [7, 11) is 0. The molecule has 3 heteroatoms. The van der Waals surface area contributed by atoms with Gasteiger partial charge in [-0.1, -0.05) is 37.3 Å². The lowest BCUT2D eigenvalue weighted by Crippen LogP contribution is -2.22. The smallest absolute Gasteiger partial charge is 0.172 e. The van der Waals surface area contributed by atoms with Gasteiger partial charge in [-0.15, -0.1) is 0 Å². The summed E-state index contributed by atoms with van der Waals surface area (Å²) in [6.45, 7) is 3.63. The van der Waals surface area contributed by atoms with Crippen LogP contribution in [0, 0.1) is 0 Å². The molecule has 2 nitrogen and oxygen atoms in total. The molecular formula is C15H15BrO2. The van der Waals surface area contributed by atoms with Gasteiger partial charge in [0.2, 0.25) is 0 Å². The number of carbonyl (C=O) groups is 1. The quantitative estimate of drug-likeness (QED) is 0.839. The molecule has 0 amide bonds. The Morgan fingerprint density at radius 2 is 2.00 bits per heavy atom. The number of fused-ring (bicyclic) bond motifs is 1. The number of ether oxygens (including phenoxy) is 1. The van der Waals surface area contributed by atoms with Crippen LogP contribution in [0.25, 0.3) is 10.8 Å². The van der Waals surface area contributed by atoms with Crippen molar-refractivity contribution >= 4 is 32.5 Å². The number of rotatable bonds is 4. The Balaban J connectivity index is 2.35. The Morgan fingerprint density at radius 1 is 1.28 bits per heavy atom. The number of hydrogen-bond acceptors (Lipinski definition) is 2. The summed E-state index contributed by atoms with van der Waals surface area (Å²) in [6, 6.07) is 11.9. The Bertz CT molecular complexity index is 578. The van der Waals surface area contributed by atoms with Crippen LogP contribution in [-0.4, -0.2) is 11.9 Å². The predicted molar refractivity (Wildman–Crippen MR) is 77.0 cm³/mol. The first-order valence-corrected chi connectivity index (χ1v) is 6.79. The second-order valence-electron chi connectivity index (χ2n) is 4.18. The molecule has 0 heterocycles. The monoisotopic (exact) mass is 306 g/mol. The van der Waals surface area contributed by atoms with Crippen molar-refractivity contribution in [3.8, 4) is 5.75 Å². The van der Waals surface area contributed by atoms with Crippen LogP contribution in [0.3, 0.4) is 0 Å². The molecule has 0 fully saturated rings. The zero-order chi connectivity index (χ0) is 13.1. The molecule has 1 unspecified atom stereocenters. The van der Waals surface area contributed by atoms with E-state index in [1.165, 1.54) is 0 Å². The number of ketones is 1.